The zero-order chi connectivity index (χ0) is 14.6. The molecule has 0 bridgehead atoms. The van der Waals surface area contributed by atoms with Crippen molar-refractivity contribution in [3.63, 3.8) is 0 Å². The lowest BCUT2D eigenvalue weighted by Gasteiger charge is -2.13. The summed E-state index contributed by atoms with van der Waals surface area (Å²) in [5.74, 6) is 0.629. The molecule has 0 spiro atoms. The number of hydrogen-bond acceptors (Lipinski definition) is 4. The quantitative estimate of drug-likeness (QED) is 0.857. The molecule has 0 aliphatic carbocycles. The number of anilines is 1. The molecule has 2 rings (SSSR count). The van der Waals surface area contributed by atoms with Crippen molar-refractivity contribution in [2.45, 2.75) is 31.4 Å². The molecular formula is C13H17N3O3S. The Morgan fingerprint density at radius 3 is 2.90 bits per heavy atom. The number of nitrogens with zero attached hydrogens (tertiary/aromatic N) is 1. The molecule has 108 valence electrons. The van der Waals surface area contributed by atoms with E-state index in [9.17, 15) is 8.42 Å². The van der Waals surface area contributed by atoms with E-state index in [0.29, 0.717) is 11.4 Å². The molecule has 0 aliphatic rings. The third-order valence-electron chi connectivity index (χ3n) is 2.76. The number of aromatic amines is 1. The van der Waals surface area contributed by atoms with Crippen molar-refractivity contribution in [1.82, 2.24) is 9.97 Å². The number of imidazole rings is 1. The second kappa shape index (κ2) is 5.96. The number of nitrogens with one attached hydrogen (secondary N) is 2. The smallest absolute Gasteiger partial charge is 0.278 e. The second-order valence-corrected chi connectivity index (χ2v) is 6.04. The third-order valence-corrected chi connectivity index (χ3v) is 4.07. The number of rotatable bonds is 6. The minimum atomic E-state index is -3.64. The summed E-state index contributed by atoms with van der Waals surface area (Å²) in [6.45, 7) is 3.98. The maximum absolute atomic E-state index is 12.0. The van der Waals surface area contributed by atoms with Gasteiger partial charge in [-0.05, 0) is 25.5 Å². The zero-order valence-electron chi connectivity index (χ0n) is 11.3. The molecule has 0 saturated heterocycles. The highest BCUT2D eigenvalue weighted by atomic mass is 32.2. The van der Waals surface area contributed by atoms with Gasteiger partial charge in [-0.2, -0.15) is 8.42 Å². The summed E-state index contributed by atoms with van der Waals surface area (Å²) in [7, 11) is -3.64. The summed E-state index contributed by atoms with van der Waals surface area (Å²) >= 11 is 0. The highest BCUT2D eigenvalue weighted by Crippen LogP contribution is 2.21. The summed E-state index contributed by atoms with van der Waals surface area (Å²) < 4.78 is 32.2. The largest absolute Gasteiger partial charge is 0.491 e. The van der Waals surface area contributed by atoms with E-state index in [2.05, 4.69) is 14.7 Å². The van der Waals surface area contributed by atoms with E-state index in [1.165, 1.54) is 12.5 Å². The van der Waals surface area contributed by atoms with E-state index >= 15 is 0 Å². The number of hydrogen-bond donors (Lipinski definition) is 2. The van der Waals surface area contributed by atoms with Crippen molar-refractivity contribution in [2.75, 3.05) is 4.72 Å². The Balaban J connectivity index is 2.16. The van der Waals surface area contributed by atoms with Gasteiger partial charge in [-0.1, -0.05) is 13.0 Å². The first-order valence-electron chi connectivity index (χ1n) is 6.29. The lowest BCUT2D eigenvalue weighted by molar-refractivity contribution is 0.217. The third kappa shape index (κ3) is 3.51. The van der Waals surface area contributed by atoms with Crippen LogP contribution >= 0.6 is 0 Å². The summed E-state index contributed by atoms with van der Waals surface area (Å²) in [6, 6.07) is 6.85. The van der Waals surface area contributed by atoms with Gasteiger partial charge in [-0.3, -0.25) is 4.72 Å². The maximum atomic E-state index is 12.0. The topological polar surface area (TPSA) is 84.1 Å². The van der Waals surface area contributed by atoms with Crippen LogP contribution in [0.1, 0.15) is 20.3 Å². The molecule has 0 amide bonds. The van der Waals surface area contributed by atoms with Crippen molar-refractivity contribution < 1.29 is 13.2 Å². The first kappa shape index (κ1) is 14.4. The maximum Gasteiger partial charge on any atom is 0.278 e. The Morgan fingerprint density at radius 1 is 1.45 bits per heavy atom. The number of H-pyrrole nitrogens is 1. The van der Waals surface area contributed by atoms with E-state index in [0.717, 1.165) is 6.42 Å². The molecule has 1 aromatic heterocycles. The van der Waals surface area contributed by atoms with Gasteiger partial charge in [0.05, 0.1) is 24.3 Å². The Labute approximate surface area is 118 Å². The lowest BCUT2D eigenvalue weighted by atomic mass is 10.3. The fourth-order valence-corrected chi connectivity index (χ4v) is 2.50. The summed E-state index contributed by atoms with van der Waals surface area (Å²) in [5, 5.41) is 0.0192. The van der Waals surface area contributed by atoms with Crippen molar-refractivity contribution in [2.24, 2.45) is 0 Å². The van der Waals surface area contributed by atoms with Crippen LogP contribution in [0.4, 0.5) is 5.69 Å². The molecule has 0 saturated carbocycles. The van der Waals surface area contributed by atoms with Gasteiger partial charge < -0.3 is 9.72 Å². The summed E-state index contributed by atoms with van der Waals surface area (Å²) in [6.07, 6.45) is 3.53. The lowest BCUT2D eigenvalue weighted by Crippen LogP contribution is -2.14. The number of aromatic nitrogens is 2. The predicted molar refractivity (Wildman–Crippen MR) is 76.2 cm³/mol. The first-order valence-corrected chi connectivity index (χ1v) is 7.77. The molecule has 1 aromatic carbocycles. The Morgan fingerprint density at radius 2 is 2.25 bits per heavy atom. The minimum Gasteiger partial charge on any atom is -0.491 e. The van der Waals surface area contributed by atoms with Crippen LogP contribution in [-0.4, -0.2) is 24.5 Å². The van der Waals surface area contributed by atoms with Crippen molar-refractivity contribution in [3.8, 4) is 5.75 Å². The SMILES string of the molecule is CCC(C)Oc1cccc(NS(=O)(=O)c2cnc[nH]2)c1. The second-order valence-electron chi connectivity index (χ2n) is 4.39. The molecule has 1 unspecified atom stereocenters. The van der Waals surface area contributed by atoms with Crippen LogP contribution in [0.15, 0.2) is 41.8 Å². The standard InChI is InChI=1S/C13H17N3O3S/c1-3-10(2)19-12-6-4-5-11(7-12)16-20(17,18)13-8-14-9-15-13/h4-10,16H,3H2,1-2H3,(H,14,15). The highest BCUT2D eigenvalue weighted by molar-refractivity contribution is 7.92. The van der Waals surface area contributed by atoms with E-state index in [-0.39, 0.29) is 11.1 Å². The van der Waals surface area contributed by atoms with Crippen LogP contribution in [0.2, 0.25) is 0 Å². The van der Waals surface area contributed by atoms with Gasteiger partial charge >= 0.3 is 0 Å². The van der Waals surface area contributed by atoms with Gasteiger partial charge in [0.1, 0.15) is 5.75 Å². The van der Waals surface area contributed by atoms with Gasteiger partial charge in [0.15, 0.2) is 5.03 Å². The molecule has 20 heavy (non-hydrogen) atoms. The van der Waals surface area contributed by atoms with E-state index in [1.54, 1.807) is 24.3 Å². The van der Waals surface area contributed by atoms with Crippen molar-refractivity contribution >= 4 is 15.7 Å². The Kier molecular flexibility index (Phi) is 4.29. The molecule has 2 aromatic rings. The normalized spacial score (nSPS) is 12.9. The van der Waals surface area contributed by atoms with Crippen LogP contribution in [0.25, 0.3) is 0 Å². The van der Waals surface area contributed by atoms with Crippen LogP contribution in [0, 0.1) is 0 Å². The summed E-state index contributed by atoms with van der Waals surface area (Å²) in [5.41, 5.74) is 0.445. The van der Waals surface area contributed by atoms with Gasteiger partial charge in [0.2, 0.25) is 0 Å². The average Bonchev–Trinajstić information content (AvgIpc) is 2.93. The molecule has 0 fully saturated rings. The monoisotopic (exact) mass is 295 g/mol. The minimum absolute atomic E-state index is 0.0192. The molecule has 1 heterocycles. The van der Waals surface area contributed by atoms with Gasteiger partial charge in [-0.25, -0.2) is 4.98 Å². The Bertz CT molecular complexity index is 653. The molecule has 6 nitrogen and oxygen atoms in total. The van der Waals surface area contributed by atoms with E-state index in [4.69, 9.17) is 4.74 Å². The van der Waals surface area contributed by atoms with Gasteiger partial charge in [-0.15, -0.1) is 0 Å². The molecule has 0 radical (unpaired) electrons. The predicted octanol–water partition coefficient (Wildman–Crippen LogP) is 2.39. The molecule has 7 heteroatoms. The van der Waals surface area contributed by atoms with Crippen molar-refractivity contribution in [3.05, 3.63) is 36.8 Å². The Hall–Kier alpha value is -2.02. The van der Waals surface area contributed by atoms with E-state index in [1.807, 2.05) is 13.8 Å². The number of ether oxygens (including phenoxy) is 1. The van der Waals surface area contributed by atoms with Crippen LogP contribution in [0.5, 0.6) is 5.75 Å². The van der Waals surface area contributed by atoms with Crippen LogP contribution in [0.3, 0.4) is 0 Å². The van der Waals surface area contributed by atoms with E-state index < -0.39 is 10.0 Å². The molecule has 2 N–H and O–H groups in total. The summed E-state index contributed by atoms with van der Waals surface area (Å²) in [4.78, 5) is 6.26. The molecule has 0 aliphatic heterocycles. The number of sulfonamides is 1. The average molecular weight is 295 g/mol. The zero-order valence-corrected chi connectivity index (χ0v) is 12.1. The molecule has 1 atom stereocenters. The number of benzene rings is 1. The fourth-order valence-electron chi connectivity index (χ4n) is 1.55. The van der Waals surface area contributed by atoms with Gasteiger partial charge in [0.25, 0.3) is 10.0 Å². The highest BCUT2D eigenvalue weighted by Gasteiger charge is 2.15. The van der Waals surface area contributed by atoms with Gasteiger partial charge in [0, 0.05) is 6.07 Å². The fraction of sp³-hybridized carbons (Fsp3) is 0.308. The van der Waals surface area contributed by atoms with Crippen LogP contribution < -0.4 is 9.46 Å². The van der Waals surface area contributed by atoms with Crippen LogP contribution in [-0.2, 0) is 10.0 Å². The first-order chi connectivity index (χ1) is 9.51. The molecular weight excluding hydrogens is 278 g/mol. The van der Waals surface area contributed by atoms with Crippen molar-refractivity contribution in [1.29, 1.82) is 0 Å².